The van der Waals surface area contributed by atoms with Gasteiger partial charge in [0.25, 0.3) is 5.91 Å². The van der Waals surface area contributed by atoms with E-state index in [0.29, 0.717) is 28.5 Å². The molecule has 1 N–H and O–H groups in total. The number of rotatable bonds is 5. The van der Waals surface area contributed by atoms with E-state index in [2.05, 4.69) is 15.4 Å². The summed E-state index contributed by atoms with van der Waals surface area (Å²) < 4.78 is 7.01. The minimum absolute atomic E-state index is 0.163. The molecule has 0 unspecified atom stereocenters. The van der Waals surface area contributed by atoms with Crippen LogP contribution in [0.15, 0.2) is 42.5 Å². The highest BCUT2D eigenvalue weighted by atomic mass is 35.5. The van der Waals surface area contributed by atoms with Crippen molar-refractivity contribution in [2.45, 2.75) is 13.5 Å². The number of hydrogen-bond donors (Lipinski definition) is 1. The molecule has 0 bridgehead atoms. The second-order valence-corrected chi connectivity index (χ2v) is 8.05. The molecule has 0 radical (unpaired) electrons. The Labute approximate surface area is 177 Å². The molecule has 0 aliphatic rings. The Bertz CT molecular complexity index is 1210. The lowest BCUT2D eigenvalue weighted by Crippen LogP contribution is -2.22. The smallest absolute Gasteiger partial charge is 0.251 e. The predicted molar refractivity (Wildman–Crippen MR) is 116 cm³/mol. The van der Waals surface area contributed by atoms with E-state index in [0.717, 1.165) is 26.5 Å². The summed E-state index contributed by atoms with van der Waals surface area (Å²) >= 11 is 7.81. The molecule has 4 aromatic rings. The maximum atomic E-state index is 12.7. The van der Waals surface area contributed by atoms with Crippen LogP contribution < -0.4 is 10.1 Å². The first kappa shape index (κ1) is 19.4. The first-order chi connectivity index (χ1) is 14.0. The minimum atomic E-state index is -0.163. The molecule has 4 rings (SSSR count). The molecule has 8 heteroatoms. The number of aromatic nitrogens is 3. The van der Waals surface area contributed by atoms with Crippen molar-refractivity contribution in [3.8, 4) is 16.5 Å². The third kappa shape index (κ3) is 3.71. The molecule has 0 saturated carbocycles. The quantitative estimate of drug-likeness (QED) is 0.506. The van der Waals surface area contributed by atoms with Gasteiger partial charge in [0.15, 0.2) is 0 Å². The molecule has 148 valence electrons. The number of carbonyl (C=O) groups is 1. The van der Waals surface area contributed by atoms with Gasteiger partial charge in [0.1, 0.15) is 5.01 Å². The van der Waals surface area contributed by atoms with Gasteiger partial charge >= 0.3 is 0 Å². The number of nitrogens with one attached hydrogen (secondary N) is 1. The van der Waals surface area contributed by atoms with Crippen molar-refractivity contribution in [1.82, 2.24) is 20.1 Å². The van der Waals surface area contributed by atoms with Crippen molar-refractivity contribution >= 4 is 39.7 Å². The normalized spacial score (nSPS) is 11.0. The van der Waals surface area contributed by atoms with Crippen molar-refractivity contribution in [3.63, 3.8) is 0 Å². The fraction of sp³-hybridized carbons (Fsp3) is 0.190. The minimum Gasteiger partial charge on any atom is -0.481 e. The van der Waals surface area contributed by atoms with Gasteiger partial charge in [0.05, 0.1) is 35.3 Å². The largest absolute Gasteiger partial charge is 0.481 e. The summed E-state index contributed by atoms with van der Waals surface area (Å²) in [5, 5.41) is 9.74. The summed E-state index contributed by atoms with van der Waals surface area (Å²) in [5.74, 6) is 0.503. The number of thiazole rings is 1. The number of fused-ring (bicyclic) bond motifs is 1. The average molecular weight is 427 g/mol. The molecule has 2 heterocycles. The van der Waals surface area contributed by atoms with Gasteiger partial charge in [0, 0.05) is 23.1 Å². The summed E-state index contributed by atoms with van der Waals surface area (Å²) in [6, 6.07) is 13.0. The van der Waals surface area contributed by atoms with E-state index in [1.54, 1.807) is 23.9 Å². The lowest BCUT2D eigenvalue weighted by atomic mass is 10.1. The Balaban J connectivity index is 1.51. The van der Waals surface area contributed by atoms with Crippen molar-refractivity contribution in [2.24, 2.45) is 7.05 Å². The fourth-order valence-electron chi connectivity index (χ4n) is 3.16. The molecule has 6 nitrogen and oxygen atoms in total. The Morgan fingerprint density at radius 1 is 1.28 bits per heavy atom. The summed E-state index contributed by atoms with van der Waals surface area (Å²) in [6.45, 7) is 2.33. The first-order valence-corrected chi connectivity index (χ1v) is 10.2. The van der Waals surface area contributed by atoms with Crippen LogP contribution in [-0.4, -0.2) is 27.8 Å². The van der Waals surface area contributed by atoms with E-state index in [4.69, 9.17) is 16.3 Å². The van der Waals surface area contributed by atoms with E-state index in [-0.39, 0.29) is 5.91 Å². The molecule has 1 amide bonds. The van der Waals surface area contributed by atoms with Crippen molar-refractivity contribution < 1.29 is 9.53 Å². The van der Waals surface area contributed by atoms with Crippen LogP contribution in [0.1, 0.15) is 20.9 Å². The summed E-state index contributed by atoms with van der Waals surface area (Å²) in [5.41, 5.74) is 3.04. The number of ether oxygens (including phenoxy) is 1. The number of methoxy groups -OCH3 is 1. The van der Waals surface area contributed by atoms with Gasteiger partial charge in [-0.2, -0.15) is 5.10 Å². The molecule has 0 saturated heterocycles. The molecule has 29 heavy (non-hydrogen) atoms. The van der Waals surface area contributed by atoms with Crippen molar-refractivity contribution in [1.29, 1.82) is 0 Å². The number of amides is 1. The van der Waals surface area contributed by atoms with Crippen LogP contribution >= 0.6 is 22.9 Å². The van der Waals surface area contributed by atoms with Crippen molar-refractivity contribution in [3.05, 3.63) is 63.6 Å². The van der Waals surface area contributed by atoms with Crippen LogP contribution in [0.5, 0.6) is 5.88 Å². The summed E-state index contributed by atoms with van der Waals surface area (Å²) in [7, 11) is 3.41. The molecule has 0 aliphatic heterocycles. The van der Waals surface area contributed by atoms with Crippen LogP contribution in [0.2, 0.25) is 5.02 Å². The van der Waals surface area contributed by atoms with E-state index < -0.39 is 0 Å². The van der Waals surface area contributed by atoms with Gasteiger partial charge in [-0.25, -0.2) is 9.67 Å². The van der Waals surface area contributed by atoms with E-state index in [1.165, 1.54) is 11.3 Å². The van der Waals surface area contributed by atoms with Crippen LogP contribution in [0, 0.1) is 6.92 Å². The first-order valence-electron chi connectivity index (χ1n) is 8.98. The number of nitrogens with zero attached hydrogens (tertiary/aromatic N) is 3. The van der Waals surface area contributed by atoms with E-state index in [1.807, 2.05) is 44.3 Å². The predicted octanol–water partition coefficient (Wildman–Crippen LogP) is 4.60. The molecule has 2 aromatic carbocycles. The zero-order valence-electron chi connectivity index (χ0n) is 16.2. The van der Waals surface area contributed by atoms with Gasteiger partial charge in [-0.15, -0.1) is 11.3 Å². The van der Waals surface area contributed by atoms with Gasteiger partial charge in [-0.1, -0.05) is 29.8 Å². The molecule has 0 atom stereocenters. The highest BCUT2D eigenvalue weighted by molar-refractivity contribution is 7.15. The standard InChI is InChI=1S/C21H19ClN4O2S/c1-12-18(29-20(24-12)14-6-4-5-7-16(14)22)11-23-19(27)13-8-9-15-17(10-13)25-26(2)21(15)28-3/h4-10H,11H2,1-3H3,(H,23,27). The maximum absolute atomic E-state index is 12.7. The average Bonchev–Trinajstić information content (AvgIpc) is 3.24. The zero-order valence-corrected chi connectivity index (χ0v) is 17.8. The van der Waals surface area contributed by atoms with E-state index >= 15 is 0 Å². The summed E-state index contributed by atoms with van der Waals surface area (Å²) in [4.78, 5) is 18.3. The Kier molecular flexibility index (Phi) is 5.25. The van der Waals surface area contributed by atoms with Crippen LogP contribution in [0.3, 0.4) is 0 Å². The maximum Gasteiger partial charge on any atom is 0.251 e. The highest BCUT2D eigenvalue weighted by Gasteiger charge is 2.15. The third-order valence-corrected chi connectivity index (χ3v) is 6.16. The third-order valence-electron chi connectivity index (χ3n) is 4.64. The van der Waals surface area contributed by atoms with Crippen LogP contribution in [0.4, 0.5) is 0 Å². The Hall–Kier alpha value is -2.90. The van der Waals surface area contributed by atoms with Gasteiger partial charge < -0.3 is 10.1 Å². The second kappa shape index (κ2) is 7.85. The Morgan fingerprint density at radius 2 is 2.07 bits per heavy atom. The number of hydrogen-bond acceptors (Lipinski definition) is 5. The highest BCUT2D eigenvalue weighted by Crippen LogP contribution is 2.32. The molecule has 2 aromatic heterocycles. The van der Waals surface area contributed by atoms with Gasteiger partial charge in [-0.3, -0.25) is 4.79 Å². The SMILES string of the molecule is COc1c2ccc(C(=O)NCc3sc(-c4ccccc4Cl)nc3C)cc2nn1C. The number of aryl methyl sites for hydroxylation is 2. The van der Waals surface area contributed by atoms with E-state index in [9.17, 15) is 4.79 Å². The number of benzene rings is 2. The molecule has 0 spiro atoms. The van der Waals surface area contributed by atoms with Crippen LogP contribution in [0.25, 0.3) is 21.5 Å². The molecule has 0 aliphatic carbocycles. The van der Waals surface area contributed by atoms with Gasteiger partial charge in [-0.05, 0) is 31.2 Å². The van der Waals surface area contributed by atoms with Crippen molar-refractivity contribution in [2.75, 3.05) is 7.11 Å². The lowest BCUT2D eigenvalue weighted by molar-refractivity contribution is 0.0951. The zero-order chi connectivity index (χ0) is 20.5. The summed E-state index contributed by atoms with van der Waals surface area (Å²) in [6.07, 6.45) is 0. The molecular formula is C21H19ClN4O2S. The topological polar surface area (TPSA) is 69.0 Å². The lowest BCUT2D eigenvalue weighted by Gasteiger charge is -2.04. The second-order valence-electron chi connectivity index (χ2n) is 6.55. The number of halogens is 1. The monoisotopic (exact) mass is 426 g/mol. The van der Waals surface area contributed by atoms with Gasteiger partial charge in [0.2, 0.25) is 5.88 Å². The number of carbonyl (C=O) groups excluding carboxylic acids is 1. The Morgan fingerprint density at radius 3 is 2.83 bits per heavy atom. The van der Waals surface area contributed by atoms with Crippen LogP contribution in [-0.2, 0) is 13.6 Å². The fourth-order valence-corrected chi connectivity index (χ4v) is 4.49. The molecule has 0 fully saturated rings. The molecular weight excluding hydrogens is 408 g/mol.